The largest absolute Gasteiger partial charge is 0.466 e. The van der Waals surface area contributed by atoms with Gasteiger partial charge in [0.15, 0.2) is 0 Å². The van der Waals surface area contributed by atoms with Crippen LogP contribution in [0.2, 0.25) is 0 Å². The van der Waals surface area contributed by atoms with Gasteiger partial charge in [-0.2, -0.15) is 4.31 Å². The number of carbonyl (C=O) groups excluding carboxylic acids is 3. The molecule has 1 aliphatic carbocycles. The van der Waals surface area contributed by atoms with E-state index < -0.39 is 10.0 Å². The number of nitrogens with zero attached hydrogens (tertiary/aromatic N) is 2. The molecule has 0 spiro atoms. The van der Waals surface area contributed by atoms with Crippen molar-refractivity contribution in [1.82, 2.24) is 9.21 Å². The van der Waals surface area contributed by atoms with E-state index in [4.69, 9.17) is 4.74 Å². The number of hydrogen-bond acceptors (Lipinski definition) is 6. The Morgan fingerprint density at radius 3 is 2.33 bits per heavy atom. The molecule has 30 heavy (non-hydrogen) atoms. The lowest BCUT2D eigenvalue weighted by Gasteiger charge is -2.25. The molecule has 0 atom stereocenters. The van der Waals surface area contributed by atoms with Crippen LogP contribution < -0.4 is 5.32 Å². The van der Waals surface area contributed by atoms with E-state index in [1.807, 2.05) is 0 Å². The topological polar surface area (TPSA) is 113 Å². The molecule has 2 rings (SSSR count). The summed E-state index contributed by atoms with van der Waals surface area (Å²) in [7, 11) is -2.54. The van der Waals surface area contributed by atoms with Crippen molar-refractivity contribution < 1.29 is 27.5 Å². The maximum Gasteiger partial charge on any atom is 0.307 e. The first-order chi connectivity index (χ1) is 14.1. The predicted molar refractivity (Wildman–Crippen MR) is 111 cm³/mol. The van der Waals surface area contributed by atoms with Gasteiger partial charge in [-0.1, -0.05) is 0 Å². The Labute approximate surface area is 177 Å². The molecule has 1 N–H and O–H groups in total. The number of amides is 2. The Bertz CT molecular complexity index is 865. The summed E-state index contributed by atoms with van der Waals surface area (Å²) in [6.07, 6.45) is 2.13. The number of nitrogens with one attached hydrogen (secondary N) is 1. The Hall–Kier alpha value is -2.46. The molecular formula is C20H29N3O6S. The van der Waals surface area contributed by atoms with Crippen LogP contribution in [0.1, 0.15) is 33.1 Å². The van der Waals surface area contributed by atoms with E-state index in [1.165, 1.54) is 38.2 Å². The second kappa shape index (κ2) is 10.5. The van der Waals surface area contributed by atoms with E-state index in [-0.39, 0.29) is 48.8 Å². The molecule has 0 aliphatic heterocycles. The van der Waals surface area contributed by atoms with Gasteiger partial charge >= 0.3 is 5.97 Å². The van der Waals surface area contributed by atoms with Gasteiger partial charge in [0.2, 0.25) is 21.8 Å². The number of rotatable bonds is 11. The molecule has 0 bridgehead atoms. The summed E-state index contributed by atoms with van der Waals surface area (Å²) in [6.45, 7) is 3.74. The summed E-state index contributed by atoms with van der Waals surface area (Å²) in [5.74, 6) is -0.593. The minimum atomic E-state index is -3.88. The maximum absolute atomic E-state index is 12.8. The van der Waals surface area contributed by atoms with Crippen molar-refractivity contribution in [3.05, 3.63) is 24.3 Å². The molecule has 166 valence electrons. The van der Waals surface area contributed by atoms with Gasteiger partial charge in [0.25, 0.3) is 0 Å². The quantitative estimate of drug-likeness (QED) is 0.522. The molecule has 0 saturated heterocycles. The van der Waals surface area contributed by atoms with E-state index in [1.54, 1.807) is 11.8 Å². The lowest BCUT2D eigenvalue weighted by Crippen LogP contribution is -2.42. The van der Waals surface area contributed by atoms with Crippen molar-refractivity contribution >= 4 is 33.5 Å². The Morgan fingerprint density at radius 1 is 1.17 bits per heavy atom. The number of anilines is 1. The average molecular weight is 440 g/mol. The van der Waals surface area contributed by atoms with Gasteiger partial charge in [0, 0.05) is 32.7 Å². The van der Waals surface area contributed by atoms with Crippen LogP contribution in [0.15, 0.2) is 29.2 Å². The zero-order valence-corrected chi connectivity index (χ0v) is 18.4. The molecule has 1 aliphatic rings. The standard InChI is InChI=1S/C20H29N3O6S/c1-4-29-20(26)11-12-23(13-16-5-6-16)19(25)14-22(3)30(27,28)18-9-7-17(8-10-18)21-15(2)24/h7-10,16H,4-6,11-14H2,1-3H3,(H,21,24). The molecule has 1 fully saturated rings. The lowest BCUT2D eigenvalue weighted by molar-refractivity contribution is -0.144. The van der Waals surface area contributed by atoms with Crippen LogP contribution in [0.3, 0.4) is 0 Å². The smallest absolute Gasteiger partial charge is 0.307 e. The fourth-order valence-electron chi connectivity index (χ4n) is 2.86. The molecule has 0 heterocycles. The fraction of sp³-hybridized carbons (Fsp3) is 0.550. The minimum Gasteiger partial charge on any atom is -0.466 e. The van der Waals surface area contributed by atoms with E-state index in [0.717, 1.165) is 17.1 Å². The summed E-state index contributed by atoms with van der Waals surface area (Å²) < 4.78 is 31.5. The summed E-state index contributed by atoms with van der Waals surface area (Å²) in [4.78, 5) is 37.1. The van der Waals surface area contributed by atoms with Crippen molar-refractivity contribution in [2.24, 2.45) is 5.92 Å². The first kappa shape index (κ1) is 23.8. The highest BCUT2D eigenvalue weighted by Crippen LogP contribution is 2.30. The first-order valence-electron chi connectivity index (χ1n) is 9.91. The Kier molecular flexibility index (Phi) is 8.36. The highest BCUT2D eigenvalue weighted by atomic mass is 32.2. The minimum absolute atomic E-state index is 0.0205. The predicted octanol–water partition coefficient (Wildman–Crippen LogP) is 1.46. The Balaban J connectivity index is 2.02. The zero-order chi connectivity index (χ0) is 22.3. The van der Waals surface area contributed by atoms with Crippen LogP contribution >= 0.6 is 0 Å². The number of esters is 1. The molecule has 0 unspecified atom stereocenters. The second-order valence-electron chi connectivity index (χ2n) is 7.30. The molecule has 0 aromatic heterocycles. The third-order valence-electron chi connectivity index (χ3n) is 4.66. The summed E-state index contributed by atoms with van der Waals surface area (Å²) in [5, 5.41) is 2.57. The molecule has 1 aromatic carbocycles. The van der Waals surface area contributed by atoms with Crippen LogP contribution in [0.4, 0.5) is 5.69 Å². The Morgan fingerprint density at radius 2 is 1.80 bits per heavy atom. The molecule has 2 amide bonds. The summed E-state index contributed by atoms with van der Waals surface area (Å²) in [6, 6.07) is 5.74. The van der Waals surface area contributed by atoms with Crippen molar-refractivity contribution in [2.45, 2.75) is 38.0 Å². The van der Waals surface area contributed by atoms with Gasteiger partial charge in [-0.05, 0) is 49.9 Å². The number of ether oxygens (including phenoxy) is 1. The van der Waals surface area contributed by atoms with Crippen LogP contribution in [-0.4, -0.2) is 68.7 Å². The van der Waals surface area contributed by atoms with Crippen LogP contribution in [0, 0.1) is 5.92 Å². The number of benzene rings is 1. The molecule has 10 heteroatoms. The number of sulfonamides is 1. The summed E-state index contributed by atoms with van der Waals surface area (Å²) >= 11 is 0. The molecule has 1 aromatic rings. The van der Waals surface area contributed by atoms with Gasteiger partial charge in [0.05, 0.1) is 24.5 Å². The number of likely N-dealkylation sites (N-methyl/N-ethyl adjacent to an activating group) is 1. The van der Waals surface area contributed by atoms with Crippen molar-refractivity contribution in [3.8, 4) is 0 Å². The van der Waals surface area contributed by atoms with Crippen molar-refractivity contribution in [1.29, 1.82) is 0 Å². The van der Waals surface area contributed by atoms with Crippen LogP contribution in [-0.2, 0) is 29.1 Å². The average Bonchev–Trinajstić information content (AvgIpc) is 3.49. The van der Waals surface area contributed by atoms with Crippen LogP contribution in [0.5, 0.6) is 0 Å². The first-order valence-corrected chi connectivity index (χ1v) is 11.3. The van der Waals surface area contributed by atoms with E-state index in [2.05, 4.69) is 5.32 Å². The monoisotopic (exact) mass is 439 g/mol. The van der Waals surface area contributed by atoms with Crippen LogP contribution in [0.25, 0.3) is 0 Å². The molecule has 1 saturated carbocycles. The van der Waals surface area contributed by atoms with Crippen molar-refractivity contribution in [2.75, 3.05) is 38.6 Å². The number of carbonyl (C=O) groups is 3. The van der Waals surface area contributed by atoms with Gasteiger partial charge < -0.3 is 15.0 Å². The highest BCUT2D eigenvalue weighted by molar-refractivity contribution is 7.89. The lowest BCUT2D eigenvalue weighted by atomic mass is 10.3. The molecule has 0 radical (unpaired) electrons. The van der Waals surface area contributed by atoms with Crippen molar-refractivity contribution in [3.63, 3.8) is 0 Å². The molecule has 9 nitrogen and oxygen atoms in total. The van der Waals surface area contributed by atoms with Gasteiger partial charge in [-0.3, -0.25) is 14.4 Å². The van der Waals surface area contributed by atoms with E-state index >= 15 is 0 Å². The SMILES string of the molecule is CCOC(=O)CCN(CC1CC1)C(=O)CN(C)S(=O)(=O)c1ccc(NC(C)=O)cc1. The highest BCUT2D eigenvalue weighted by Gasteiger charge is 2.30. The second-order valence-corrected chi connectivity index (χ2v) is 9.35. The normalized spacial score (nSPS) is 13.7. The number of hydrogen-bond donors (Lipinski definition) is 1. The van der Waals surface area contributed by atoms with Gasteiger partial charge in [-0.15, -0.1) is 0 Å². The molecular weight excluding hydrogens is 410 g/mol. The van der Waals surface area contributed by atoms with Gasteiger partial charge in [-0.25, -0.2) is 8.42 Å². The third-order valence-corrected chi connectivity index (χ3v) is 6.48. The summed E-state index contributed by atoms with van der Waals surface area (Å²) in [5.41, 5.74) is 0.481. The van der Waals surface area contributed by atoms with Gasteiger partial charge in [0.1, 0.15) is 0 Å². The maximum atomic E-state index is 12.8. The van der Waals surface area contributed by atoms with E-state index in [9.17, 15) is 22.8 Å². The van der Waals surface area contributed by atoms with E-state index in [0.29, 0.717) is 18.2 Å². The fourth-order valence-corrected chi connectivity index (χ4v) is 3.98. The zero-order valence-electron chi connectivity index (χ0n) is 17.6. The third kappa shape index (κ3) is 7.10.